The van der Waals surface area contributed by atoms with Crippen LogP contribution in [0.5, 0.6) is 5.75 Å². The van der Waals surface area contributed by atoms with Crippen molar-refractivity contribution in [3.05, 3.63) is 75.7 Å². The molecule has 0 radical (unpaired) electrons. The number of allylic oxidation sites excluding steroid dienone is 1. The van der Waals surface area contributed by atoms with Crippen LogP contribution in [0.3, 0.4) is 0 Å². The fourth-order valence-corrected chi connectivity index (χ4v) is 4.97. The minimum Gasteiger partial charge on any atom is -1.00 e. The van der Waals surface area contributed by atoms with Crippen LogP contribution in [0.4, 0.5) is 15.8 Å². The van der Waals surface area contributed by atoms with E-state index < -0.39 is 21.3 Å². The number of ether oxygens (including phenoxy) is 1. The predicted octanol–water partition coefficient (Wildman–Crippen LogP) is -1.49. The van der Waals surface area contributed by atoms with Crippen LogP contribution in [-0.2, 0) is 21.2 Å². The van der Waals surface area contributed by atoms with Gasteiger partial charge in [0.1, 0.15) is 17.7 Å². The van der Waals surface area contributed by atoms with E-state index in [1.807, 2.05) is 4.90 Å². The smallest absolute Gasteiger partial charge is 0.385 e. The van der Waals surface area contributed by atoms with Crippen LogP contribution < -0.4 is 32.2 Å². The summed E-state index contributed by atoms with van der Waals surface area (Å²) < 4.78 is 45.9. The van der Waals surface area contributed by atoms with Crippen molar-refractivity contribution in [2.75, 3.05) is 48.8 Å². The Balaban J connectivity index is 0.00000336. The van der Waals surface area contributed by atoms with Crippen molar-refractivity contribution >= 4 is 32.8 Å². The van der Waals surface area contributed by atoms with Gasteiger partial charge in [-0.2, -0.15) is 4.40 Å². The number of rotatable bonds is 6. The normalized spacial score (nSPS) is 15.7. The van der Waals surface area contributed by atoms with Crippen molar-refractivity contribution in [2.45, 2.75) is 12.8 Å². The highest BCUT2D eigenvalue weighted by Crippen LogP contribution is 2.28. The molecule has 0 unspecified atom stereocenters. The van der Waals surface area contributed by atoms with Gasteiger partial charge in [-0.15, -0.1) is 0 Å². The van der Waals surface area contributed by atoms with Gasteiger partial charge in [0.25, 0.3) is 5.75 Å². The molecule has 5 rings (SSSR count). The molecule has 3 aromatic rings. The van der Waals surface area contributed by atoms with Crippen LogP contribution in [-0.4, -0.2) is 63.2 Å². The van der Waals surface area contributed by atoms with E-state index in [-0.39, 0.29) is 35.3 Å². The van der Waals surface area contributed by atoms with Gasteiger partial charge < -0.3 is 27.2 Å². The molecule has 38 heavy (non-hydrogen) atoms. The molecule has 2 aromatic heterocycles. The number of halogens is 2. The molecule has 2 N–H and O–H groups in total. The first kappa shape index (κ1) is 27.6. The molecule has 0 aliphatic carbocycles. The Bertz CT molecular complexity index is 1600. The largest absolute Gasteiger partial charge is 1.00 e. The van der Waals surface area contributed by atoms with Gasteiger partial charge in [0.2, 0.25) is 10.0 Å². The number of aliphatic imine (C=N–C) groups is 1. The molecule has 4 heterocycles. The standard InChI is InChI=1S/C25H26FN5O5S.ClH/c1-29(37(2,34)35)21-13-19(30-7-9-36-10-8-30)15-31-24(21)28-22(23(32)25(31)33)20-12-17(14-27-20)11-16-3-5-18(26)6-4-16;/h3-6,13-15,32H,7-12H2,1-2H3;1H. The average Bonchev–Trinajstić information content (AvgIpc) is 3.34. The molecule has 1 saturated heterocycles. The molecule has 0 saturated carbocycles. The van der Waals surface area contributed by atoms with Crippen molar-refractivity contribution in [2.24, 2.45) is 4.99 Å². The monoisotopic (exact) mass is 563 g/mol. The van der Waals surface area contributed by atoms with Crippen LogP contribution in [0.1, 0.15) is 17.7 Å². The van der Waals surface area contributed by atoms with Gasteiger partial charge in [0.15, 0.2) is 5.69 Å². The number of nitrogens with one attached hydrogen (secondary N) is 1. The van der Waals surface area contributed by atoms with Gasteiger partial charge in [-0.3, -0.25) is 9.30 Å². The molecule has 1 aromatic carbocycles. The van der Waals surface area contributed by atoms with Gasteiger partial charge >= 0.3 is 11.2 Å². The number of nitrogens with zero attached hydrogens (tertiary/aromatic N) is 4. The van der Waals surface area contributed by atoms with E-state index in [1.165, 1.54) is 23.6 Å². The second kappa shape index (κ2) is 10.7. The molecular formula is C25H27ClFN5O5S. The Morgan fingerprint density at radius 3 is 2.55 bits per heavy atom. The predicted molar refractivity (Wildman–Crippen MR) is 138 cm³/mol. The number of hydrogen-bond acceptors (Lipinski definition) is 7. The number of sulfonamides is 1. The summed E-state index contributed by atoms with van der Waals surface area (Å²) in [6.45, 7) is 2.17. The number of pyridine rings is 1. The molecule has 0 amide bonds. The van der Waals surface area contributed by atoms with E-state index in [1.54, 1.807) is 30.6 Å². The van der Waals surface area contributed by atoms with E-state index in [4.69, 9.17) is 4.74 Å². The van der Waals surface area contributed by atoms with Crippen LogP contribution in [0.25, 0.3) is 5.65 Å². The van der Waals surface area contributed by atoms with E-state index in [0.29, 0.717) is 50.5 Å². The third kappa shape index (κ3) is 5.38. The highest BCUT2D eigenvalue weighted by atomic mass is 35.5. The van der Waals surface area contributed by atoms with Gasteiger partial charge in [-0.05, 0) is 35.8 Å². The SMILES string of the molecule is CN(c1cc(N2CCOCC2)cn2c(=O)c(O)c(C3=NC=C(Cc4ccc(F)cc4)C3)[nH+]c12)S(C)(=O)=O.[Cl-]. The van der Waals surface area contributed by atoms with Gasteiger partial charge in [0.05, 0.1) is 30.9 Å². The Morgan fingerprint density at radius 1 is 1.21 bits per heavy atom. The third-order valence-corrected chi connectivity index (χ3v) is 7.77. The van der Waals surface area contributed by atoms with E-state index >= 15 is 0 Å². The van der Waals surface area contributed by atoms with Crippen molar-refractivity contribution in [1.82, 2.24) is 4.40 Å². The quantitative estimate of drug-likeness (QED) is 0.391. The Hall–Kier alpha value is -3.48. The molecule has 2 aliphatic heterocycles. The summed E-state index contributed by atoms with van der Waals surface area (Å²) in [4.78, 5) is 22.8. The summed E-state index contributed by atoms with van der Waals surface area (Å²) in [6.07, 6.45) is 5.22. The lowest BCUT2D eigenvalue weighted by Gasteiger charge is -2.29. The molecular weight excluding hydrogens is 537 g/mol. The Kier molecular flexibility index (Phi) is 7.77. The van der Waals surface area contributed by atoms with Crippen LogP contribution in [0, 0.1) is 5.82 Å². The maximum atomic E-state index is 13.3. The van der Waals surface area contributed by atoms with E-state index in [9.17, 15) is 22.7 Å². The molecule has 0 atom stereocenters. The van der Waals surface area contributed by atoms with E-state index in [2.05, 4.69) is 9.98 Å². The first-order chi connectivity index (χ1) is 17.6. The summed E-state index contributed by atoms with van der Waals surface area (Å²) in [5, 5.41) is 10.9. The zero-order chi connectivity index (χ0) is 26.3. The number of anilines is 2. The maximum absolute atomic E-state index is 13.3. The summed E-state index contributed by atoms with van der Waals surface area (Å²) in [6, 6.07) is 7.87. The Morgan fingerprint density at radius 2 is 1.89 bits per heavy atom. The summed E-state index contributed by atoms with van der Waals surface area (Å²) in [5.74, 6) is -0.830. The van der Waals surface area contributed by atoms with Crippen molar-refractivity contribution < 1.29 is 40.0 Å². The number of morpholine rings is 1. The molecule has 10 nitrogen and oxygen atoms in total. The maximum Gasteiger partial charge on any atom is 0.385 e. The first-order valence-electron chi connectivity index (χ1n) is 11.7. The second-order valence-electron chi connectivity index (χ2n) is 9.13. The lowest BCUT2D eigenvalue weighted by molar-refractivity contribution is -0.353. The number of aromatic nitrogens is 2. The lowest BCUT2D eigenvalue weighted by atomic mass is 10.0. The number of aromatic amines is 1. The van der Waals surface area contributed by atoms with Crippen molar-refractivity contribution in [1.29, 1.82) is 0 Å². The zero-order valence-electron chi connectivity index (χ0n) is 20.8. The fraction of sp³-hybridized carbons (Fsp3) is 0.320. The highest BCUT2D eigenvalue weighted by molar-refractivity contribution is 7.92. The highest BCUT2D eigenvalue weighted by Gasteiger charge is 2.30. The minimum absolute atomic E-state index is 0. The molecule has 0 bridgehead atoms. The second-order valence-corrected chi connectivity index (χ2v) is 11.1. The topological polar surface area (TPSA) is 118 Å². The average molecular weight is 564 g/mol. The van der Waals surface area contributed by atoms with Gasteiger partial charge in [0, 0.05) is 32.8 Å². The summed E-state index contributed by atoms with van der Waals surface area (Å²) in [5.41, 5.74) is 2.79. The molecule has 2 aliphatic rings. The number of hydrogen-bond donors (Lipinski definition) is 1. The number of fused-ring (bicyclic) bond motifs is 1. The molecule has 1 fully saturated rings. The molecule has 13 heteroatoms. The van der Waals surface area contributed by atoms with Gasteiger partial charge in [-0.25, -0.2) is 22.6 Å². The Labute approximate surface area is 225 Å². The van der Waals surface area contributed by atoms with Crippen LogP contribution in [0.2, 0.25) is 0 Å². The number of aromatic hydroxyl groups is 1. The lowest BCUT2D eigenvalue weighted by Crippen LogP contribution is -3.00. The van der Waals surface area contributed by atoms with Crippen LogP contribution >= 0.6 is 0 Å². The van der Waals surface area contributed by atoms with Gasteiger partial charge in [-0.1, -0.05) is 12.1 Å². The minimum atomic E-state index is -3.67. The first-order valence-corrected chi connectivity index (χ1v) is 13.6. The van der Waals surface area contributed by atoms with E-state index in [0.717, 1.165) is 21.7 Å². The number of benzene rings is 1. The summed E-state index contributed by atoms with van der Waals surface area (Å²) >= 11 is 0. The summed E-state index contributed by atoms with van der Waals surface area (Å²) in [7, 11) is -2.26. The zero-order valence-corrected chi connectivity index (χ0v) is 22.4. The third-order valence-electron chi connectivity index (χ3n) is 6.57. The van der Waals surface area contributed by atoms with Crippen molar-refractivity contribution in [3.8, 4) is 5.75 Å². The number of H-pyrrole nitrogens is 1. The molecule has 0 spiro atoms. The van der Waals surface area contributed by atoms with Crippen molar-refractivity contribution in [3.63, 3.8) is 0 Å². The fourth-order valence-electron chi connectivity index (χ4n) is 4.47. The molecule has 202 valence electrons. The van der Waals surface area contributed by atoms with Crippen LogP contribution in [0.15, 0.2) is 58.1 Å².